The molecule has 0 aromatic heterocycles. The standard InChI is InChI=1S/C7H6F3O4P/c8-7(9,10)14-5-3-1-2-4-6(5)15(11,12)13/h1-4H,(H2,11,12,13). The average molecular weight is 242 g/mol. The summed E-state index contributed by atoms with van der Waals surface area (Å²) in [6.07, 6.45) is -4.98. The third-order valence-electron chi connectivity index (χ3n) is 1.40. The minimum Gasteiger partial charge on any atom is -0.405 e. The van der Waals surface area contributed by atoms with Gasteiger partial charge in [0, 0.05) is 0 Å². The lowest BCUT2D eigenvalue weighted by atomic mass is 10.3. The maximum absolute atomic E-state index is 11.8. The number of hydrogen-bond donors (Lipinski definition) is 2. The molecule has 0 fully saturated rings. The predicted molar refractivity (Wildman–Crippen MR) is 44.8 cm³/mol. The van der Waals surface area contributed by atoms with E-state index in [4.69, 9.17) is 9.79 Å². The van der Waals surface area contributed by atoms with Crippen molar-refractivity contribution in [2.24, 2.45) is 0 Å². The molecule has 0 aliphatic heterocycles. The van der Waals surface area contributed by atoms with Gasteiger partial charge in [-0.3, -0.25) is 4.57 Å². The molecule has 4 nitrogen and oxygen atoms in total. The molecule has 0 radical (unpaired) electrons. The van der Waals surface area contributed by atoms with Crippen LogP contribution in [0.1, 0.15) is 0 Å². The van der Waals surface area contributed by atoms with Crippen LogP contribution in [-0.4, -0.2) is 16.1 Å². The number of para-hydroxylation sites is 1. The molecule has 0 aliphatic carbocycles. The van der Waals surface area contributed by atoms with Crippen LogP contribution in [0.2, 0.25) is 0 Å². The Kier molecular flexibility index (Phi) is 3.08. The lowest BCUT2D eigenvalue weighted by molar-refractivity contribution is -0.274. The van der Waals surface area contributed by atoms with Gasteiger partial charge in [-0.2, -0.15) is 0 Å². The Morgan fingerprint density at radius 3 is 2.20 bits per heavy atom. The van der Waals surface area contributed by atoms with Crippen molar-refractivity contribution in [1.82, 2.24) is 0 Å². The number of alkyl halides is 3. The second-order valence-electron chi connectivity index (χ2n) is 2.56. The molecule has 0 spiro atoms. The van der Waals surface area contributed by atoms with Gasteiger partial charge in [0.25, 0.3) is 0 Å². The summed E-state index contributed by atoms with van der Waals surface area (Å²) < 4.78 is 49.8. The van der Waals surface area contributed by atoms with Gasteiger partial charge in [-0.15, -0.1) is 13.2 Å². The zero-order valence-electron chi connectivity index (χ0n) is 7.10. The van der Waals surface area contributed by atoms with Crippen molar-refractivity contribution in [3.05, 3.63) is 24.3 Å². The Morgan fingerprint density at radius 2 is 1.73 bits per heavy atom. The van der Waals surface area contributed by atoms with E-state index in [0.29, 0.717) is 0 Å². The Balaban J connectivity index is 3.14. The van der Waals surface area contributed by atoms with Crippen molar-refractivity contribution < 1.29 is 32.3 Å². The molecule has 0 saturated heterocycles. The highest BCUT2D eigenvalue weighted by molar-refractivity contribution is 7.60. The topological polar surface area (TPSA) is 66.8 Å². The first-order valence-electron chi connectivity index (χ1n) is 3.61. The second kappa shape index (κ2) is 3.84. The van der Waals surface area contributed by atoms with E-state index in [9.17, 15) is 17.7 Å². The van der Waals surface area contributed by atoms with Gasteiger partial charge in [0.1, 0.15) is 11.1 Å². The molecule has 0 aliphatic rings. The molecule has 0 amide bonds. The van der Waals surface area contributed by atoms with Crippen LogP contribution in [0.25, 0.3) is 0 Å². The van der Waals surface area contributed by atoms with Gasteiger partial charge in [-0.1, -0.05) is 12.1 Å². The zero-order valence-corrected chi connectivity index (χ0v) is 8.00. The second-order valence-corrected chi connectivity index (χ2v) is 4.13. The van der Waals surface area contributed by atoms with Crippen LogP contribution in [0.15, 0.2) is 24.3 Å². The fraction of sp³-hybridized carbons (Fsp3) is 0.143. The van der Waals surface area contributed by atoms with E-state index >= 15 is 0 Å². The Morgan fingerprint density at radius 1 is 1.20 bits per heavy atom. The fourth-order valence-corrected chi connectivity index (χ4v) is 1.60. The molecule has 2 N–H and O–H groups in total. The molecule has 1 aromatic rings. The minimum absolute atomic E-state index is 0.790. The molecule has 8 heteroatoms. The number of rotatable bonds is 2. The number of ether oxygens (including phenoxy) is 1. The first-order chi connectivity index (χ1) is 6.70. The Hall–Kier alpha value is -1.04. The SMILES string of the molecule is O=P(O)(O)c1ccccc1OC(F)(F)F. The van der Waals surface area contributed by atoms with Crippen LogP contribution in [0.3, 0.4) is 0 Å². The Bertz CT molecular complexity index is 397. The van der Waals surface area contributed by atoms with Crippen molar-refractivity contribution in [1.29, 1.82) is 0 Å². The molecule has 1 aromatic carbocycles. The lowest BCUT2D eigenvalue weighted by Gasteiger charge is -2.13. The summed E-state index contributed by atoms with van der Waals surface area (Å²) in [6.45, 7) is 0. The molecule has 15 heavy (non-hydrogen) atoms. The van der Waals surface area contributed by atoms with Crippen LogP contribution in [0.5, 0.6) is 5.75 Å². The van der Waals surface area contributed by atoms with Crippen LogP contribution in [0, 0.1) is 0 Å². The van der Waals surface area contributed by atoms with Crippen molar-refractivity contribution >= 4 is 12.9 Å². The van der Waals surface area contributed by atoms with E-state index in [1.807, 2.05) is 0 Å². The highest BCUT2D eigenvalue weighted by Gasteiger charge is 2.34. The molecule has 0 heterocycles. The van der Waals surface area contributed by atoms with E-state index in [-0.39, 0.29) is 0 Å². The minimum atomic E-state index is -4.98. The maximum Gasteiger partial charge on any atom is 0.573 e. The quantitative estimate of drug-likeness (QED) is 0.769. The molecule has 0 saturated carbocycles. The largest absolute Gasteiger partial charge is 0.573 e. The van der Waals surface area contributed by atoms with Gasteiger partial charge in [-0.05, 0) is 12.1 Å². The molecule has 1 rings (SSSR count). The highest BCUT2D eigenvalue weighted by Crippen LogP contribution is 2.38. The molecule has 0 unspecified atom stereocenters. The summed E-state index contributed by atoms with van der Waals surface area (Å²) in [4.78, 5) is 17.5. The number of benzene rings is 1. The third-order valence-corrected chi connectivity index (χ3v) is 2.40. The van der Waals surface area contributed by atoms with Crippen LogP contribution >= 0.6 is 7.60 Å². The highest BCUT2D eigenvalue weighted by atomic mass is 31.2. The first kappa shape index (κ1) is 12.0. The van der Waals surface area contributed by atoms with Gasteiger partial charge in [0.15, 0.2) is 0 Å². The van der Waals surface area contributed by atoms with Gasteiger partial charge in [0.05, 0.1) is 0 Å². The van der Waals surface area contributed by atoms with E-state index in [1.54, 1.807) is 0 Å². The number of halogens is 3. The van der Waals surface area contributed by atoms with Crippen molar-refractivity contribution in [3.8, 4) is 5.75 Å². The summed E-state index contributed by atoms with van der Waals surface area (Å²) in [7, 11) is -4.77. The van der Waals surface area contributed by atoms with Gasteiger partial charge in [-0.25, -0.2) is 0 Å². The van der Waals surface area contributed by atoms with Crippen LogP contribution in [-0.2, 0) is 4.57 Å². The van der Waals surface area contributed by atoms with E-state index in [1.165, 1.54) is 12.1 Å². The van der Waals surface area contributed by atoms with Crippen molar-refractivity contribution in [3.63, 3.8) is 0 Å². The van der Waals surface area contributed by atoms with E-state index in [2.05, 4.69) is 4.74 Å². The fourth-order valence-electron chi connectivity index (χ4n) is 0.909. The van der Waals surface area contributed by atoms with Gasteiger partial charge in [0.2, 0.25) is 0 Å². The number of hydrogen-bond acceptors (Lipinski definition) is 2. The predicted octanol–water partition coefficient (Wildman–Crippen LogP) is 1.39. The molecule has 84 valence electrons. The van der Waals surface area contributed by atoms with E-state index < -0.39 is 25.0 Å². The van der Waals surface area contributed by atoms with Crippen LogP contribution in [0.4, 0.5) is 13.2 Å². The molecular weight excluding hydrogens is 236 g/mol. The normalized spacial score (nSPS) is 12.6. The van der Waals surface area contributed by atoms with Crippen molar-refractivity contribution in [2.45, 2.75) is 6.36 Å². The van der Waals surface area contributed by atoms with Gasteiger partial charge < -0.3 is 14.5 Å². The zero-order chi connectivity index (χ0) is 11.7. The molecular formula is C7H6F3O4P. The summed E-state index contributed by atoms with van der Waals surface area (Å²) in [6, 6.07) is 4.10. The van der Waals surface area contributed by atoms with E-state index in [0.717, 1.165) is 12.1 Å². The third kappa shape index (κ3) is 3.54. The summed E-state index contributed by atoms with van der Waals surface area (Å²) in [5.41, 5.74) is 0. The summed E-state index contributed by atoms with van der Waals surface area (Å²) >= 11 is 0. The Labute approximate surface area is 82.5 Å². The lowest BCUT2D eigenvalue weighted by Crippen LogP contribution is -2.21. The summed E-state index contributed by atoms with van der Waals surface area (Å²) in [5.74, 6) is -0.890. The molecule has 0 bridgehead atoms. The van der Waals surface area contributed by atoms with Crippen LogP contribution < -0.4 is 10.0 Å². The van der Waals surface area contributed by atoms with Crippen molar-refractivity contribution in [2.75, 3.05) is 0 Å². The molecule has 0 atom stereocenters. The first-order valence-corrected chi connectivity index (χ1v) is 5.22. The maximum atomic E-state index is 11.8. The summed E-state index contributed by atoms with van der Waals surface area (Å²) in [5, 5.41) is -0.790. The average Bonchev–Trinajstić information content (AvgIpc) is 1.99. The van der Waals surface area contributed by atoms with Gasteiger partial charge >= 0.3 is 14.0 Å². The monoisotopic (exact) mass is 242 g/mol. The smallest absolute Gasteiger partial charge is 0.405 e.